The molecule has 0 aliphatic heterocycles. The number of rotatable bonds is 7. The number of carbonyl (C=O) groups excluding carboxylic acids is 1. The van der Waals surface area contributed by atoms with Gasteiger partial charge < -0.3 is 5.32 Å². The predicted molar refractivity (Wildman–Crippen MR) is 102 cm³/mol. The van der Waals surface area contributed by atoms with Gasteiger partial charge in [-0.05, 0) is 31.2 Å². The van der Waals surface area contributed by atoms with Gasteiger partial charge in [-0.3, -0.25) is 14.2 Å². The van der Waals surface area contributed by atoms with Crippen LogP contribution in [0.15, 0.2) is 21.0 Å². The van der Waals surface area contributed by atoms with Crippen LogP contribution in [0.2, 0.25) is 0 Å². The molecule has 3 rings (SSSR count). The van der Waals surface area contributed by atoms with Crippen LogP contribution in [0.3, 0.4) is 0 Å². The Bertz CT molecular complexity index is 1060. The Morgan fingerprint density at radius 2 is 2.12 bits per heavy atom. The minimum Gasteiger partial charge on any atom is -0.352 e. The maximum absolute atomic E-state index is 12.8. The second-order valence-electron chi connectivity index (χ2n) is 6.40. The molecule has 1 atom stereocenters. The van der Waals surface area contributed by atoms with E-state index in [1.807, 2.05) is 20.8 Å². The normalized spacial score (nSPS) is 12.7. The minimum atomic E-state index is -0.409. The summed E-state index contributed by atoms with van der Waals surface area (Å²) >= 11 is 1.31. The van der Waals surface area contributed by atoms with Gasteiger partial charge in [0.05, 0.1) is 5.52 Å². The van der Waals surface area contributed by atoms with Crippen molar-refractivity contribution in [2.75, 3.05) is 0 Å². The van der Waals surface area contributed by atoms with E-state index in [-0.39, 0.29) is 29.8 Å². The van der Waals surface area contributed by atoms with Crippen molar-refractivity contribution in [2.45, 2.75) is 59.2 Å². The van der Waals surface area contributed by atoms with Crippen LogP contribution >= 0.6 is 11.3 Å². The number of thiophene rings is 1. The van der Waals surface area contributed by atoms with Gasteiger partial charge in [-0.2, -0.15) is 0 Å². The molecular weight excluding hydrogens is 354 g/mol. The summed E-state index contributed by atoms with van der Waals surface area (Å²) in [4.78, 5) is 37.8. The number of hydrogen-bond acceptors (Lipinski definition) is 5. The number of amides is 1. The number of carbonyl (C=O) groups is 1. The molecular formula is C17H23N5O3S. The molecule has 0 fully saturated rings. The summed E-state index contributed by atoms with van der Waals surface area (Å²) in [6.07, 6.45) is 2.53. The molecule has 1 amide bonds. The number of hydrogen-bond donors (Lipinski definition) is 1. The van der Waals surface area contributed by atoms with Crippen LogP contribution in [-0.2, 0) is 17.9 Å². The van der Waals surface area contributed by atoms with Crippen molar-refractivity contribution in [2.24, 2.45) is 0 Å². The molecule has 0 bridgehead atoms. The van der Waals surface area contributed by atoms with Crippen molar-refractivity contribution in [3.63, 3.8) is 0 Å². The Morgan fingerprint density at radius 1 is 1.35 bits per heavy atom. The molecule has 3 aromatic heterocycles. The fourth-order valence-electron chi connectivity index (χ4n) is 2.81. The van der Waals surface area contributed by atoms with Crippen LogP contribution in [0.25, 0.3) is 16.0 Å². The third-order valence-corrected chi connectivity index (χ3v) is 5.33. The lowest BCUT2D eigenvalue weighted by Crippen LogP contribution is -2.37. The van der Waals surface area contributed by atoms with Crippen molar-refractivity contribution in [3.05, 3.63) is 32.3 Å². The summed E-state index contributed by atoms with van der Waals surface area (Å²) in [5.41, 5.74) is -0.00793. The van der Waals surface area contributed by atoms with E-state index in [4.69, 9.17) is 0 Å². The van der Waals surface area contributed by atoms with Crippen molar-refractivity contribution in [3.8, 4) is 0 Å². The molecule has 1 N–H and O–H groups in total. The third-order valence-electron chi connectivity index (χ3n) is 4.44. The predicted octanol–water partition coefficient (Wildman–Crippen LogP) is 1.59. The number of aromatic nitrogens is 4. The maximum Gasteiger partial charge on any atom is 0.352 e. The highest BCUT2D eigenvalue weighted by atomic mass is 32.1. The molecule has 0 unspecified atom stereocenters. The van der Waals surface area contributed by atoms with Gasteiger partial charge in [-0.25, -0.2) is 13.9 Å². The fraction of sp³-hybridized carbons (Fsp3) is 0.529. The van der Waals surface area contributed by atoms with Gasteiger partial charge in [-0.15, -0.1) is 16.4 Å². The zero-order valence-electron chi connectivity index (χ0n) is 15.2. The monoisotopic (exact) mass is 377 g/mol. The standard InChI is InChI=1S/C17H23N5O3S/c1-4-6-8-20-15(24)14-12(7-9-26-14)22-16(20)19-21(17(22)25)10-13(23)18-11(3)5-2/h7,9,11H,4-6,8,10H2,1-3H3,(H,18,23)/t11-/m0/s1. The molecule has 0 aliphatic carbocycles. The number of aryl methyl sites for hydroxylation is 1. The quantitative estimate of drug-likeness (QED) is 0.677. The Balaban J connectivity index is 2.13. The van der Waals surface area contributed by atoms with Crippen molar-refractivity contribution in [1.29, 1.82) is 0 Å². The third kappa shape index (κ3) is 3.18. The average Bonchev–Trinajstić information content (AvgIpc) is 3.20. The molecule has 0 saturated carbocycles. The van der Waals surface area contributed by atoms with E-state index in [1.165, 1.54) is 20.3 Å². The summed E-state index contributed by atoms with van der Waals surface area (Å²) in [5, 5.41) is 8.92. The minimum absolute atomic E-state index is 0.0292. The summed E-state index contributed by atoms with van der Waals surface area (Å²) < 4.78 is 4.62. The van der Waals surface area contributed by atoms with E-state index >= 15 is 0 Å². The van der Waals surface area contributed by atoms with Crippen LogP contribution in [0.1, 0.15) is 40.0 Å². The first kappa shape index (κ1) is 18.4. The summed E-state index contributed by atoms with van der Waals surface area (Å²) in [5.74, 6) is 0.0181. The van der Waals surface area contributed by atoms with Crippen LogP contribution in [0, 0.1) is 0 Å². The van der Waals surface area contributed by atoms with Crippen molar-refractivity contribution >= 4 is 33.2 Å². The summed E-state index contributed by atoms with van der Waals surface area (Å²) in [7, 11) is 0. The summed E-state index contributed by atoms with van der Waals surface area (Å²) in [6, 6.07) is 1.77. The van der Waals surface area contributed by atoms with Crippen LogP contribution in [-0.4, -0.2) is 30.7 Å². The Hall–Kier alpha value is -2.42. The topological polar surface area (TPSA) is 90.4 Å². The largest absolute Gasteiger partial charge is 0.352 e. The van der Waals surface area contributed by atoms with Crippen LogP contribution in [0.5, 0.6) is 0 Å². The highest BCUT2D eigenvalue weighted by Crippen LogP contribution is 2.17. The second-order valence-corrected chi connectivity index (χ2v) is 7.31. The number of fused-ring (bicyclic) bond motifs is 3. The SMILES string of the molecule is CCCCn1c(=O)c2sccc2n2c(=O)n(CC(=O)N[C@@H](C)CC)nc12. The molecule has 0 spiro atoms. The Kier molecular flexibility index (Phi) is 5.26. The van der Waals surface area contributed by atoms with Gasteiger partial charge >= 0.3 is 5.69 Å². The number of unbranched alkanes of at least 4 members (excludes halogenated alkanes) is 1. The Labute approximate surface area is 154 Å². The molecule has 8 nitrogen and oxygen atoms in total. The van der Waals surface area contributed by atoms with E-state index in [0.717, 1.165) is 23.9 Å². The van der Waals surface area contributed by atoms with Gasteiger partial charge in [0, 0.05) is 12.6 Å². The molecule has 0 saturated heterocycles. The molecule has 9 heteroatoms. The molecule has 140 valence electrons. The highest BCUT2D eigenvalue weighted by molar-refractivity contribution is 7.17. The maximum atomic E-state index is 12.8. The first-order valence-corrected chi connectivity index (χ1v) is 9.74. The van der Waals surface area contributed by atoms with Gasteiger partial charge in [0.25, 0.3) is 5.56 Å². The zero-order valence-corrected chi connectivity index (χ0v) is 16.0. The first-order valence-electron chi connectivity index (χ1n) is 8.86. The lowest BCUT2D eigenvalue weighted by molar-refractivity contribution is -0.122. The lowest BCUT2D eigenvalue weighted by atomic mass is 10.2. The average molecular weight is 377 g/mol. The van der Waals surface area contributed by atoms with E-state index in [2.05, 4.69) is 10.4 Å². The first-order chi connectivity index (χ1) is 12.5. The molecule has 3 heterocycles. The van der Waals surface area contributed by atoms with Crippen molar-refractivity contribution in [1.82, 2.24) is 24.1 Å². The molecule has 0 radical (unpaired) electrons. The Morgan fingerprint density at radius 3 is 2.81 bits per heavy atom. The van der Waals surface area contributed by atoms with Crippen molar-refractivity contribution < 1.29 is 4.79 Å². The van der Waals surface area contributed by atoms with E-state index in [0.29, 0.717) is 16.8 Å². The molecule has 0 aromatic carbocycles. The highest BCUT2D eigenvalue weighted by Gasteiger charge is 2.19. The van der Waals surface area contributed by atoms with E-state index < -0.39 is 5.69 Å². The van der Waals surface area contributed by atoms with Crippen LogP contribution in [0.4, 0.5) is 0 Å². The molecule has 26 heavy (non-hydrogen) atoms. The van der Waals surface area contributed by atoms with Gasteiger partial charge in [0.1, 0.15) is 11.2 Å². The smallest absolute Gasteiger partial charge is 0.352 e. The van der Waals surface area contributed by atoms with Gasteiger partial charge in [0.15, 0.2) is 0 Å². The van der Waals surface area contributed by atoms with Crippen LogP contribution < -0.4 is 16.6 Å². The summed E-state index contributed by atoms with van der Waals surface area (Å²) in [6.45, 7) is 6.24. The van der Waals surface area contributed by atoms with Gasteiger partial charge in [0.2, 0.25) is 11.7 Å². The molecule has 0 aliphatic rings. The van der Waals surface area contributed by atoms with E-state index in [1.54, 1.807) is 11.4 Å². The second kappa shape index (κ2) is 7.45. The number of nitrogens with zero attached hydrogens (tertiary/aromatic N) is 4. The zero-order chi connectivity index (χ0) is 18.8. The van der Waals surface area contributed by atoms with Gasteiger partial charge in [-0.1, -0.05) is 20.3 Å². The van der Waals surface area contributed by atoms with E-state index in [9.17, 15) is 14.4 Å². The fourth-order valence-corrected chi connectivity index (χ4v) is 3.64. The lowest BCUT2D eigenvalue weighted by Gasteiger charge is -2.10. The number of nitrogens with one attached hydrogen (secondary N) is 1. The molecule has 3 aromatic rings.